The van der Waals surface area contributed by atoms with Crippen molar-refractivity contribution in [1.29, 1.82) is 0 Å². The fourth-order valence-electron chi connectivity index (χ4n) is 13.1. The molecule has 7 atom stereocenters. The van der Waals surface area contributed by atoms with E-state index in [2.05, 4.69) is 50.9 Å². The van der Waals surface area contributed by atoms with Crippen molar-refractivity contribution in [2.45, 2.75) is 116 Å². The van der Waals surface area contributed by atoms with Gasteiger partial charge in [-0.3, -0.25) is 19.2 Å². The van der Waals surface area contributed by atoms with Gasteiger partial charge < -0.3 is 79.3 Å². The average Bonchev–Trinajstić information content (AvgIpc) is 1.62. The first-order chi connectivity index (χ1) is 54.7. The highest BCUT2D eigenvalue weighted by Gasteiger charge is 2.45. The van der Waals surface area contributed by atoms with E-state index in [1.807, 2.05) is 0 Å². The number of sulfonamides is 3. The first-order valence-electron chi connectivity index (χ1n) is 35.2. The summed E-state index contributed by atoms with van der Waals surface area (Å²) in [6, 6.07) is 7.83. The lowest BCUT2D eigenvalue weighted by Crippen LogP contribution is -2.53. The van der Waals surface area contributed by atoms with Gasteiger partial charge in [0.15, 0.2) is 75.1 Å². The topological polar surface area (TPSA) is 437 Å². The third-order valence-electron chi connectivity index (χ3n) is 18.8. The number of rotatable bonds is 16. The van der Waals surface area contributed by atoms with Crippen LogP contribution in [0.2, 0.25) is 0 Å². The molecule has 4 amide bonds. The van der Waals surface area contributed by atoms with Crippen molar-refractivity contribution in [2.24, 2.45) is 45.9 Å². The number of hydrogen-bond donors (Lipinski definition) is 13. The first kappa shape index (κ1) is 90.6. The number of carbonyl (C=O) groups excluding carboxylic acids is 4. The molecule has 4 aromatic heterocycles. The Morgan fingerprint density at radius 1 is 0.479 bits per heavy atom. The van der Waals surface area contributed by atoms with E-state index in [0.717, 1.165) is 30.3 Å². The number of amides is 4. The van der Waals surface area contributed by atoms with Crippen LogP contribution in [0.5, 0.6) is 17.2 Å². The smallest absolute Gasteiger partial charge is 0.276 e. The molecular weight excluding hydrogens is 1640 g/mol. The minimum Gasteiger partial charge on any atom is -0.484 e. The molecule has 0 bridgehead atoms. The number of halogens is 8. The van der Waals surface area contributed by atoms with Crippen molar-refractivity contribution in [1.82, 2.24) is 37.2 Å². The molecule has 0 saturated carbocycles. The van der Waals surface area contributed by atoms with E-state index >= 15 is 0 Å². The number of aliphatic hydroxyl groups is 5. The van der Waals surface area contributed by atoms with Gasteiger partial charge in [-0.15, -0.1) is 0 Å². The fraction of sp³-hybridized carbons (Fsp3) is 0.370. The van der Waals surface area contributed by atoms with Gasteiger partial charge in [-0.2, -0.15) is 0 Å². The first-order valence-corrected chi connectivity index (χ1v) is 41.4. The number of hydrogen-bond acceptors (Lipinski definition) is 19. The highest BCUT2D eigenvalue weighted by molar-refractivity contribution is 7.98. The van der Waals surface area contributed by atoms with Crippen molar-refractivity contribution in [3.8, 4) is 17.2 Å². The maximum Gasteiger partial charge on any atom is 0.276 e. The Morgan fingerprint density at radius 3 is 1.11 bits per heavy atom. The van der Waals surface area contributed by atoms with Crippen molar-refractivity contribution < 1.29 is 124 Å². The minimum atomic E-state index is -4.07. The molecule has 8 heterocycles. The number of benzene rings is 4. The molecule has 13 N–H and O–H groups in total. The van der Waals surface area contributed by atoms with E-state index in [4.69, 9.17) is 20.8 Å². The van der Waals surface area contributed by atoms with Crippen LogP contribution in [0, 0.1) is 70.9 Å². The zero-order valence-corrected chi connectivity index (χ0v) is 67.1. The number of ether oxygens (including phenoxy) is 3. The van der Waals surface area contributed by atoms with Crippen molar-refractivity contribution in [3.05, 3.63) is 178 Å². The molecule has 4 aliphatic rings. The minimum absolute atomic E-state index is 0.00732. The van der Waals surface area contributed by atoms with Crippen molar-refractivity contribution in [2.75, 3.05) is 54.3 Å². The van der Waals surface area contributed by atoms with Gasteiger partial charge in [0.2, 0.25) is 35.8 Å². The van der Waals surface area contributed by atoms with Crippen molar-refractivity contribution >= 4 is 97.7 Å². The summed E-state index contributed by atoms with van der Waals surface area (Å²) >= 11 is 0. The monoisotopic (exact) mass is 1730 g/mol. The maximum atomic E-state index is 13.5. The Labute approximate surface area is 666 Å². The van der Waals surface area contributed by atoms with Gasteiger partial charge in [-0.25, -0.2) is 88.3 Å². The van der Waals surface area contributed by atoms with Gasteiger partial charge >= 0.3 is 0 Å². The summed E-state index contributed by atoms with van der Waals surface area (Å²) < 4.78 is 229. The molecule has 634 valence electrons. The second kappa shape index (κ2) is 35.9. The van der Waals surface area contributed by atoms with Gasteiger partial charge in [-0.05, 0) is 84.5 Å². The number of nitrogens with one attached hydrogen (secondary N) is 8. The summed E-state index contributed by atoms with van der Waals surface area (Å²) in [6.45, 7) is 15.3. The number of fused-ring (bicyclic) bond motifs is 4. The number of carbonyl (C=O) groups is 4. The number of aliphatic hydroxyl groups excluding tert-OH is 5. The Kier molecular flexibility index (Phi) is 27.8. The maximum absolute atomic E-state index is 13.5. The lowest BCUT2D eigenvalue weighted by Gasteiger charge is -2.30. The molecule has 44 heteroatoms. The summed E-state index contributed by atoms with van der Waals surface area (Å²) in [7, 11) is -9.44. The van der Waals surface area contributed by atoms with Gasteiger partial charge in [-0.1, -0.05) is 41.5 Å². The van der Waals surface area contributed by atoms with Gasteiger partial charge in [0, 0.05) is 100.0 Å². The van der Waals surface area contributed by atoms with E-state index in [1.54, 1.807) is 41.5 Å². The zero-order valence-electron chi connectivity index (χ0n) is 63.9. The van der Waals surface area contributed by atoms with Crippen LogP contribution in [-0.2, 0) is 74.4 Å². The zero-order chi connectivity index (χ0) is 86.8. The predicted octanol–water partition coefficient (Wildman–Crippen LogP) is 6.19. The molecule has 1 unspecified atom stereocenters. The van der Waals surface area contributed by atoms with Crippen LogP contribution < -0.4 is 54.4 Å². The lowest BCUT2D eigenvalue weighted by molar-refractivity contribution is 0.0834. The van der Waals surface area contributed by atoms with Gasteiger partial charge in [0.25, 0.3) is 23.6 Å². The molecule has 0 fully saturated rings. The Balaban J connectivity index is 0.000000178. The summed E-state index contributed by atoms with van der Waals surface area (Å²) in [5, 5.41) is 57.8. The lowest BCUT2D eigenvalue weighted by atomic mass is 9.94. The van der Waals surface area contributed by atoms with E-state index < -0.39 is 185 Å². The molecular formula is C73H83F8N13O19S4. The van der Waals surface area contributed by atoms with Crippen LogP contribution in [0.25, 0.3) is 4.85 Å². The molecule has 4 aliphatic heterocycles. The van der Waals surface area contributed by atoms with E-state index in [1.165, 1.54) is 95.5 Å². The molecule has 0 radical (unpaired) electrons. The van der Waals surface area contributed by atoms with Gasteiger partial charge in [0.1, 0.15) is 44.5 Å². The summed E-state index contributed by atoms with van der Waals surface area (Å²) in [6.07, 6.45) is 3.24. The van der Waals surface area contributed by atoms with Crippen LogP contribution >= 0.6 is 0 Å². The highest BCUT2D eigenvalue weighted by atomic mass is 32.2. The standard InChI is InChI=1S/C19H21FN4O5S.C18H20F3N3O4S.2C18H21F2N3O5S/c1-10(2)17-14(9-25)23-30(27,28)15-8-24(4)16(18(15)29-17)19(26)22-11-5-6-12(20)13(7-11)21-3;1-24-7-14-11(3-4-18(8-25,9-26)23-29(14,2)28)16(24)17(27)22-10-5-12(19)15(21)13(20)6-10;2*1-9(2)16-13(8-24)22-29(26,27)14-7-23(3)15(17(14)28-16)18(25)21-10-4-5-11(19)12(20)6-10/h5-8,10,14,17,23,25H,9H2,1-2,4H3,(H,22,26);5-7,25-26H,2-4,8-9H2,1H3,(H,22,27)(H,23,28);2*4-7,9,13,16,22,24H,8H2,1-3H3,(H,21,25)/t14-,17-;;2*13-,16-/m1.10/s1. The SMILES string of the molecule is C=S1(=O)NC(CO)(CO)CCc2c1cn(C)c2C(=O)Nc1cc(F)c(F)c(F)c1.CC(C)[C@@H]1Oc2c(cn(C)c2C(=O)Nc2ccc(F)c(F)c2)S(=O)(=O)N[C@H]1CO.CC(C)[C@H]1Oc2c(cn(C)c2C(=O)Nc2ccc(F)c(F)c2)S(=O)(=O)N[C@@H]1CO.[C-]#[N+]c1cc(NC(=O)c2c3c(cn2C)S(=O)(=O)N[C@H](CO)[C@@H](C(C)C)O3)ccc1F. The number of aryl methyl sites for hydroxylation is 4. The van der Waals surface area contributed by atoms with Crippen LogP contribution in [0.1, 0.15) is 95.5 Å². The average molecular weight is 1730 g/mol. The fourth-order valence-corrected chi connectivity index (χ4v) is 19.3. The Morgan fingerprint density at radius 2 is 0.786 bits per heavy atom. The molecule has 4 aromatic carbocycles. The van der Waals surface area contributed by atoms with Crippen LogP contribution in [0.4, 0.5) is 63.6 Å². The van der Waals surface area contributed by atoms with E-state index in [9.17, 15) is 109 Å². The number of aromatic nitrogens is 4. The third kappa shape index (κ3) is 19.5. The second-order valence-corrected chi connectivity index (χ2v) is 35.5. The highest BCUT2D eigenvalue weighted by Crippen LogP contribution is 2.41. The molecule has 0 spiro atoms. The third-order valence-corrected chi connectivity index (χ3v) is 25.1. The number of nitrogens with zero attached hydrogens (tertiary/aromatic N) is 5. The summed E-state index contributed by atoms with van der Waals surface area (Å²) in [4.78, 5) is 53.9. The van der Waals surface area contributed by atoms with Crippen LogP contribution in [0.15, 0.2) is 111 Å². The molecule has 0 aliphatic carbocycles. The summed E-state index contributed by atoms with van der Waals surface area (Å²) in [5.74, 6) is -10.0. The Bertz CT molecular complexity index is 5500. The molecule has 32 nitrogen and oxygen atoms in total. The quantitative estimate of drug-likeness (QED) is 0.0222. The van der Waals surface area contributed by atoms with Gasteiger partial charge in [0.05, 0.1) is 77.9 Å². The molecule has 8 aromatic rings. The van der Waals surface area contributed by atoms with Crippen LogP contribution in [-0.4, -0.2) is 178 Å². The molecule has 117 heavy (non-hydrogen) atoms. The molecule has 12 rings (SSSR count). The van der Waals surface area contributed by atoms with E-state index in [-0.39, 0.29) is 119 Å². The summed E-state index contributed by atoms with van der Waals surface area (Å²) in [5.41, 5.74) is -1.49. The molecule has 0 saturated heterocycles. The largest absolute Gasteiger partial charge is 0.484 e. The number of anilines is 4. The Hall–Kier alpha value is -10.3. The normalized spacial score (nSPS) is 20.5. The van der Waals surface area contributed by atoms with Crippen LogP contribution in [0.3, 0.4) is 0 Å². The predicted molar refractivity (Wildman–Crippen MR) is 408 cm³/mol. The second-order valence-electron chi connectivity index (χ2n) is 28.5. The van der Waals surface area contributed by atoms with Crippen molar-refractivity contribution in [3.63, 3.8) is 0 Å². The van der Waals surface area contributed by atoms with E-state index in [0.29, 0.717) is 17.7 Å².